The maximum Gasteiger partial charge on any atom is 0.410 e. The normalized spacial score (nSPS) is 15.2. The van der Waals surface area contributed by atoms with Gasteiger partial charge in [-0.15, -0.1) is 0 Å². The molecule has 0 saturated carbocycles. The Kier molecular flexibility index (Phi) is 5.83. The summed E-state index contributed by atoms with van der Waals surface area (Å²) < 4.78 is 13.2. The average Bonchev–Trinajstić information content (AvgIpc) is 2.75. The van der Waals surface area contributed by atoms with Crippen molar-refractivity contribution in [2.75, 3.05) is 18.9 Å². The lowest BCUT2D eigenvalue weighted by Crippen LogP contribution is -2.40. The monoisotopic (exact) mass is 368 g/mol. The van der Waals surface area contributed by atoms with Crippen LogP contribution in [0.5, 0.6) is 0 Å². The smallest absolute Gasteiger partial charge is 0.410 e. The Morgan fingerprint density at radius 2 is 2.00 bits per heavy atom. The minimum atomic E-state index is -1.10. The highest BCUT2D eigenvalue weighted by atomic mass is 28.3. The van der Waals surface area contributed by atoms with Gasteiger partial charge < -0.3 is 20.1 Å². The highest BCUT2D eigenvalue weighted by Gasteiger charge is 2.29. The molecule has 0 saturated heterocycles. The molecular formula is C17H32N4O3Si. The van der Waals surface area contributed by atoms with E-state index in [0.29, 0.717) is 32.2 Å². The lowest BCUT2D eigenvalue weighted by Gasteiger charge is -2.30. The molecule has 2 rings (SSSR count). The Bertz CT molecular complexity index is 617. The highest BCUT2D eigenvalue weighted by molar-refractivity contribution is 6.76. The van der Waals surface area contributed by atoms with Crippen LogP contribution in [-0.4, -0.2) is 47.4 Å². The third kappa shape index (κ3) is 5.74. The number of carbonyl (C=O) groups is 1. The molecule has 7 nitrogen and oxygen atoms in total. The van der Waals surface area contributed by atoms with Crippen LogP contribution in [0.25, 0.3) is 0 Å². The zero-order valence-electron chi connectivity index (χ0n) is 16.4. The summed E-state index contributed by atoms with van der Waals surface area (Å²) in [5.41, 5.74) is 7.46. The van der Waals surface area contributed by atoms with Gasteiger partial charge in [0.25, 0.3) is 0 Å². The van der Waals surface area contributed by atoms with E-state index in [4.69, 9.17) is 15.2 Å². The van der Waals surface area contributed by atoms with Crippen LogP contribution < -0.4 is 5.73 Å². The second-order valence-electron chi connectivity index (χ2n) is 8.79. The predicted molar refractivity (Wildman–Crippen MR) is 101 cm³/mol. The van der Waals surface area contributed by atoms with E-state index in [2.05, 4.69) is 24.6 Å². The Balaban J connectivity index is 1.97. The number of hydrogen-bond donors (Lipinski definition) is 1. The van der Waals surface area contributed by atoms with Crippen LogP contribution in [0.2, 0.25) is 25.7 Å². The number of nitrogens with zero attached hydrogens (tertiary/aromatic N) is 3. The summed E-state index contributed by atoms with van der Waals surface area (Å²) in [5, 5.41) is 0. The van der Waals surface area contributed by atoms with Gasteiger partial charge in [-0.2, -0.15) is 0 Å². The second-order valence-corrected chi connectivity index (χ2v) is 14.4. The summed E-state index contributed by atoms with van der Waals surface area (Å²) in [6.45, 7) is 14.8. The van der Waals surface area contributed by atoms with Crippen molar-refractivity contribution in [1.82, 2.24) is 14.5 Å². The maximum atomic E-state index is 12.2. The average molecular weight is 369 g/mol. The van der Waals surface area contributed by atoms with Gasteiger partial charge in [-0.25, -0.2) is 9.78 Å². The van der Waals surface area contributed by atoms with E-state index in [1.165, 1.54) is 0 Å². The van der Waals surface area contributed by atoms with E-state index in [1.54, 1.807) is 4.90 Å². The first-order chi connectivity index (χ1) is 11.5. The summed E-state index contributed by atoms with van der Waals surface area (Å²) >= 11 is 0. The standard InChI is InChI=1S/C17H32N4O3Si/c1-17(2,3)24-16(22)20-8-7-14-13(11-20)19-15(18)21(14)12-23-9-10-25(4,5)6/h7-12H2,1-6H3,(H2,18,19). The van der Waals surface area contributed by atoms with Crippen molar-refractivity contribution in [2.45, 2.75) is 71.8 Å². The third-order valence-corrected chi connectivity index (χ3v) is 5.72. The van der Waals surface area contributed by atoms with Gasteiger partial charge in [0, 0.05) is 33.3 Å². The molecular weight excluding hydrogens is 336 g/mol. The maximum absolute atomic E-state index is 12.2. The van der Waals surface area contributed by atoms with Gasteiger partial charge in [-0.05, 0) is 26.8 Å². The van der Waals surface area contributed by atoms with Crippen LogP contribution in [-0.2, 0) is 29.2 Å². The lowest BCUT2D eigenvalue weighted by molar-refractivity contribution is 0.0217. The van der Waals surface area contributed by atoms with E-state index >= 15 is 0 Å². The van der Waals surface area contributed by atoms with Crippen LogP contribution >= 0.6 is 0 Å². The van der Waals surface area contributed by atoms with E-state index < -0.39 is 13.7 Å². The number of anilines is 1. The number of carbonyl (C=O) groups excluding carboxylic acids is 1. The van der Waals surface area contributed by atoms with Crippen molar-refractivity contribution in [3.8, 4) is 0 Å². The molecule has 25 heavy (non-hydrogen) atoms. The first-order valence-electron chi connectivity index (χ1n) is 8.86. The molecule has 1 aromatic rings. The molecule has 0 bridgehead atoms. The summed E-state index contributed by atoms with van der Waals surface area (Å²) in [4.78, 5) is 18.3. The lowest BCUT2D eigenvalue weighted by atomic mass is 10.1. The number of nitrogens with two attached hydrogens (primary N) is 1. The number of hydrogen-bond acceptors (Lipinski definition) is 5. The molecule has 142 valence electrons. The minimum absolute atomic E-state index is 0.308. The Labute approximate surface area is 151 Å². The van der Waals surface area contributed by atoms with E-state index in [9.17, 15) is 4.79 Å². The molecule has 0 unspecified atom stereocenters. The summed E-state index contributed by atoms with van der Waals surface area (Å²) in [6, 6.07) is 1.12. The SMILES string of the molecule is CC(C)(C)OC(=O)N1CCc2c(nc(N)n2COCC[Si](C)(C)C)C1. The van der Waals surface area contributed by atoms with Crippen LogP contribution in [0.15, 0.2) is 0 Å². The highest BCUT2D eigenvalue weighted by Crippen LogP contribution is 2.23. The van der Waals surface area contributed by atoms with Gasteiger partial charge in [-0.3, -0.25) is 4.57 Å². The first-order valence-corrected chi connectivity index (χ1v) is 12.6. The molecule has 2 heterocycles. The van der Waals surface area contributed by atoms with E-state index in [0.717, 1.165) is 24.0 Å². The van der Waals surface area contributed by atoms with Gasteiger partial charge in [0.2, 0.25) is 5.95 Å². The van der Waals surface area contributed by atoms with Crippen molar-refractivity contribution < 1.29 is 14.3 Å². The summed E-state index contributed by atoms with van der Waals surface area (Å²) in [7, 11) is -1.10. The minimum Gasteiger partial charge on any atom is -0.444 e. The van der Waals surface area contributed by atoms with Crippen LogP contribution in [0.1, 0.15) is 32.2 Å². The molecule has 1 amide bonds. The van der Waals surface area contributed by atoms with Crippen molar-refractivity contribution in [3.63, 3.8) is 0 Å². The van der Waals surface area contributed by atoms with Gasteiger partial charge in [0.15, 0.2) is 0 Å². The zero-order valence-corrected chi connectivity index (χ0v) is 17.4. The number of aromatic nitrogens is 2. The molecule has 1 aromatic heterocycles. The number of rotatable bonds is 5. The molecule has 0 atom stereocenters. The molecule has 1 aliphatic rings. The van der Waals surface area contributed by atoms with E-state index in [-0.39, 0.29) is 6.09 Å². The molecule has 0 aliphatic carbocycles. The number of ether oxygens (including phenoxy) is 2. The zero-order chi connectivity index (χ0) is 18.8. The summed E-state index contributed by atoms with van der Waals surface area (Å²) in [5.74, 6) is 0.448. The van der Waals surface area contributed by atoms with Crippen molar-refractivity contribution in [3.05, 3.63) is 11.4 Å². The molecule has 0 fully saturated rings. The van der Waals surface area contributed by atoms with Crippen LogP contribution in [0.3, 0.4) is 0 Å². The Morgan fingerprint density at radius 1 is 1.32 bits per heavy atom. The second kappa shape index (κ2) is 7.37. The van der Waals surface area contributed by atoms with Crippen LogP contribution in [0, 0.1) is 0 Å². The molecule has 8 heteroatoms. The summed E-state index contributed by atoms with van der Waals surface area (Å²) in [6.07, 6.45) is 0.397. The van der Waals surface area contributed by atoms with Gasteiger partial charge in [0.1, 0.15) is 12.3 Å². The quantitative estimate of drug-likeness (QED) is 0.638. The molecule has 0 aromatic carbocycles. The van der Waals surface area contributed by atoms with Crippen molar-refractivity contribution in [2.24, 2.45) is 0 Å². The van der Waals surface area contributed by atoms with Crippen molar-refractivity contribution in [1.29, 1.82) is 0 Å². The fourth-order valence-electron chi connectivity index (χ4n) is 2.62. The number of amides is 1. The van der Waals surface area contributed by atoms with Gasteiger partial charge >= 0.3 is 6.09 Å². The molecule has 1 aliphatic heterocycles. The Hall–Kier alpha value is -1.54. The largest absolute Gasteiger partial charge is 0.444 e. The predicted octanol–water partition coefficient (Wildman–Crippen LogP) is 3.07. The number of imidazole rings is 1. The number of nitrogen functional groups attached to an aromatic ring is 1. The molecule has 0 spiro atoms. The van der Waals surface area contributed by atoms with Crippen LogP contribution in [0.4, 0.5) is 10.7 Å². The first kappa shape index (κ1) is 19.8. The fraction of sp³-hybridized carbons (Fsp3) is 0.765. The Morgan fingerprint density at radius 3 is 2.60 bits per heavy atom. The van der Waals surface area contributed by atoms with E-state index in [1.807, 2.05) is 25.3 Å². The molecule has 2 N–H and O–H groups in total. The number of fused-ring (bicyclic) bond motifs is 1. The fourth-order valence-corrected chi connectivity index (χ4v) is 3.38. The van der Waals surface area contributed by atoms with Gasteiger partial charge in [0.05, 0.1) is 12.2 Å². The van der Waals surface area contributed by atoms with Gasteiger partial charge in [-0.1, -0.05) is 19.6 Å². The third-order valence-electron chi connectivity index (χ3n) is 4.01. The molecule has 0 radical (unpaired) electrons. The van der Waals surface area contributed by atoms with Crippen molar-refractivity contribution >= 4 is 20.1 Å². The topological polar surface area (TPSA) is 82.6 Å².